The molecule has 0 amide bonds. The van der Waals surface area contributed by atoms with Gasteiger partial charge in [-0.25, -0.2) is 4.39 Å². The smallest absolute Gasteiger partial charge is 0.162 e. The highest BCUT2D eigenvalue weighted by molar-refractivity contribution is 6.04. The number of pyridine rings is 1. The lowest BCUT2D eigenvalue weighted by atomic mass is 9.68. The van der Waals surface area contributed by atoms with E-state index in [-0.39, 0.29) is 16.8 Å². The second kappa shape index (κ2) is 6.50. The predicted molar refractivity (Wildman–Crippen MR) is 113 cm³/mol. The molecule has 0 saturated carbocycles. The third kappa shape index (κ3) is 2.80. The molecular formula is C25H20FN3O. The molecular weight excluding hydrogens is 377 g/mol. The van der Waals surface area contributed by atoms with E-state index in [9.17, 15) is 9.18 Å². The van der Waals surface area contributed by atoms with Gasteiger partial charge in [0.2, 0.25) is 0 Å². The van der Waals surface area contributed by atoms with Crippen molar-refractivity contribution >= 4 is 22.4 Å². The first-order valence-electron chi connectivity index (χ1n) is 9.98. The van der Waals surface area contributed by atoms with Crippen LogP contribution in [0.25, 0.3) is 10.9 Å². The minimum absolute atomic E-state index is 0.00204. The molecule has 2 aliphatic rings. The summed E-state index contributed by atoms with van der Waals surface area (Å²) in [4.78, 5) is 17.8. The van der Waals surface area contributed by atoms with Gasteiger partial charge >= 0.3 is 0 Å². The molecule has 0 spiro atoms. The number of benzene rings is 2. The second-order valence-corrected chi connectivity index (χ2v) is 8.84. The Hall–Kier alpha value is -3.52. The van der Waals surface area contributed by atoms with Crippen molar-refractivity contribution < 1.29 is 9.18 Å². The molecule has 3 aromatic rings. The molecule has 30 heavy (non-hydrogen) atoms. The molecule has 1 aliphatic carbocycles. The van der Waals surface area contributed by atoms with Crippen molar-refractivity contribution in [1.29, 1.82) is 5.26 Å². The Labute approximate surface area is 174 Å². The lowest BCUT2D eigenvalue weighted by molar-refractivity contribution is -0.118. The first-order chi connectivity index (χ1) is 14.4. The van der Waals surface area contributed by atoms with Crippen molar-refractivity contribution in [2.45, 2.75) is 32.6 Å². The molecule has 1 aliphatic heterocycles. The first kappa shape index (κ1) is 18.5. The summed E-state index contributed by atoms with van der Waals surface area (Å²) in [6.45, 7) is 4.18. The minimum atomic E-state index is -0.570. The molecule has 5 heteroatoms. The average Bonchev–Trinajstić information content (AvgIpc) is 2.71. The van der Waals surface area contributed by atoms with Gasteiger partial charge in [0.15, 0.2) is 5.78 Å². The Morgan fingerprint density at radius 2 is 2.03 bits per heavy atom. The van der Waals surface area contributed by atoms with Gasteiger partial charge in [-0.3, -0.25) is 9.78 Å². The summed E-state index contributed by atoms with van der Waals surface area (Å²) < 4.78 is 14.6. The molecule has 1 atom stereocenters. The topological polar surface area (TPSA) is 65.8 Å². The number of fused-ring (bicyclic) bond motifs is 3. The number of nitriles is 1. The van der Waals surface area contributed by atoms with Crippen molar-refractivity contribution in [1.82, 2.24) is 4.98 Å². The van der Waals surface area contributed by atoms with Crippen LogP contribution >= 0.6 is 0 Å². The number of allylic oxidation sites excluding steroid dienone is 2. The van der Waals surface area contributed by atoms with E-state index in [1.165, 1.54) is 12.1 Å². The van der Waals surface area contributed by atoms with E-state index in [1.54, 1.807) is 12.3 Å². The molecule has 5 rings (SSSR count). The van der Waals surface area contributed by atoms with Crippen LogP contribution in [-0.2, 0) is 4.79 Å². The third-order valence-electron chi connectivity index (χ3n) is 6.06. The fourth-order valence-electron chi connectivity index (χ4n) is 4.82. The number of carbonyl (C=O) groups excluding carboxylic acids is 1. The quantitative estimate of drug-likeness (QED) is 0.593. The Kier molecular flexibility index (Phi) is 4.01. The molecule has 0 saturated heterocycles. The lowest BCUT2D eigenvalue weighted by Gasteiger charge is -2.40. The van der Waals surface area contributed by atoms with Crippen LogP contribution in [0.15, 0.2) is 59.9 Å². The van der Waals surface area contributed by atoms with E-state index in [1.807, 2.05) is 30.3 Å². The van der Waals surface area contributed by atoms with Gasteiger partial charge in [0, 0.05) is 40.9 Å². The van der Waals surface area contributed by atoms with Crippen LogP contribution in [0.1, 0.15) is 49.3 Å². The lowest BCUT2D eigenvalue weighted by Crippen LogP contribution is -2.34. The highest BCUT2D eigenvalue weighted by Crippen LogP contribution is 2.50. The molecule has 4 nitrogen and oxygen atoms in total. The molecule has 0 fully saturated rings. The maximum Gasteiger partial charge on any atom is 0.162 e. The van der Waals surface area contributed by atoms with Crippen molar-refractivity contribution in [3.63, 3.8) is 0 Å². The summed E-state index contributed by atoms with van der Waals surface area (Å²) in [5.74, 6) is -0.899. The zero-order valence-corrected chi connectivity index (χ0v) is 16.8. The second-order valence-electron chi connectivity index (χ2n) is 8.84. The van der Waals surface area contributed by atoms with E-state index in [0.717, 1.165) is 34.3 Å². The van der Waals surface area contributed by atoms with Crippen LogP contribution in [0.5, 0.6) is 0 Å². The Morgan fingerprint density at radius 3 is 2.80 bits per heavy atom. The van der Waals surface area contributed by atoms with Crippen molar-refractivity contribution in [3.05, 3.63) is 82.4 Å². The van der Waals surface area contributed by atoms with Gasteiger partial charge < -0.3 is 5.32 Å². The van der Waals surface area contributed by atoms with Crippen molar-refractivity contribution in [2.75, 3.05) is 5.32 Å². The van der Waals surface area contributed by atoms with Crippen LogP contribution in [0, 0.1) is 22.6 Å². The summed E-state index contributed by atoms with van der Waals surface area (Å²) >= 11 is 0. The summed E-state index contributed by atoms with van der Waals surface area (Å²) in [6, 6.07) is 14.3. The number of rotatable bonds is 1. The van der Waals surface area contributed by atoms with E-state index < -0.39 is 11.7 Å². The fraction of sp³-hybridized carbons (Fsp3) is 0.240. The van der Waals surface area contributed by atoms with Gasteiger partial charge in [-0.1, -0.05) is 26.0 Å². The number of nitrogens with zero attached hydrogens (tertiary/aromatic N) is 2. The number of hydrogen-bond acceptors (Lipinski definition) is 4. The molecule has 1 unspecified atom stereocenters. The summed E-state index contributed by atoms with van der Waals surface area (Å²) in [5.41, 5.74) is 4.79. The maximum atomic E-state index is 14.6. The largest absolute Gasteiger partial charge is 0.358 e. The Bertz CT molecular complexity index is 1300. The maximum absolute atomic E-state index is 14.6. The van der Waals surface area contributed by atoms with Crippen molar-refractivity contribution in [3.8, 4) is 6.07 Å². The molecule has 0 radical (unpaired) electrons. The van der Waals surface area contributed by atoms with Gasteiger partial charge in [0.05, 0.1) is 11.1 Å². The van der Waals surface area contributed by atoms with Crippen LogP contribution in [0.4, 0.5) is 10.1 Å². The van der Waals surface area contributed by atoms with Crippen LogP contribution in [0.3, 0.4) is 0 Å². The Morgan fingerprint density at radius 1 is 1.20 bits per heavy atom. The van der Waals surface area contributed by atoms with E-state index in [0.29, 0.717) is 17.6 Å². The number of ketones is 1. The minimum Gasteiger partial charge on any atom is -0.358 e. The average molecular weight is 397 g/mol. The van der Waals surface area contributed by atoms with Gasteiger partial charge in [0.25, 0.3) is 0 Å². The van der Waals surface area contributed by atoms with E-state index >= 15 is 0 Å². The summed E-state index contributed by atoms with van der Waals surface area (Å²) in [7, 11) is 0. The first-order valence-corrected chi connectivity index (χ1v) is 9.98. The number of hydrogen-bond donors (Lipinski definition) is 1. The third-order valence-corrected chi connectivity index (χ3v) is 6.06. The molecule has 148 valence electrons. The number of Topliss-reactive ketones (excluding diaryl/α,β-unsaturated/α-hetero) is 1. The molecule has 1 aromatic heterocycles. The number of carbonyl (C=O) groups is 1. The van der Waals surface area contributed by atoms with E-state index in [2.05, 4.69) is 24.1 Å². The van der Waals surface area contributed by atoms with Crippen LogP contribution in [-0.4, -0.2) is 10.8 Å². The van der Waals surface area contributed by atoms with Crippen LogP contribution in [0.2, 0.25) is 0 Å². The zero-order valence-electron chi connectivity index (χ0n) is 16.8. The highest BCUT2D eigenvalue weighted by atomic mass is 19.1. The standard InChI is InChI=1S/C25H20FN3O/c1-25(2)11-20-24(21(30)12-25)22(14-5-6-15(13-27)17(26)10-14)23-16-4-3-9-28-18(16)7-8-19(23)29-20/h3-10,22,29H,11-12H2,1-2H3. The Balaban J connectivity index is 1.82. The van der Waals surface area contributed by atoms with Gasteiger partial charge in [-0.05, 0) is 53.3 Å². The normalized spacial score (nSPS) is 19.7. The van der Waals surface area contributed by atoms with Gasteiger partial charge in [-0.2, -0.15) is 5.26 Å². The zero-order chi connectivity index (χ0) is 21.0. The van der Waals surface area contributed by atoms with Crippen molar-refractivity contribution in [2.24, 2.45) is 5.41 Å². The SMILES string of the molecule is CC1(C)CC(=O)C2=C(C1)Nc1ccc3ncccc3c1C2c1ccc(C#N)c(F)c1. The summed E-state index contributed by atoms with van der Waals surface area (Å²) in [5, 5.41) is 13.6. The number of anilines is 1. The molecule has 2 aromatic carbocycles. The number of halogens is 1. The van der Waals surface area contributed by atoms with Gasteiger partial charge in [-0.15, -0.1) is 0 Å². The molecule has 0 bridgehead atoms. The summed E-state index contributed by atoms with van der Waals surface area (Å²) in [6.07, 6.45) is 2.93. The number of aromatic nitrogens is 1. The number of nitrogens with one attached hydrogen (secondary N) is 1. The van der Waals surface area contributed by atoms with E-state index in [4.69, 9.17) is 5.26 Å². The highest BCUT2D eigenvalue weighted by Gasteiger charge is 2.41. The fourth-order valence-corrected chi connectivity index (χ4v) is 4.82. The van der Waals surface area contributed by atoms with Gasteiger partial charge in [0.1, 0.15) is 11.9 Å². The predicted octanol–water partition coefficient (Wildman–Crippen LogP) is 5.45. The molecule has 2 heterocycles. The molecule has 1 N–H and O–H groups in total. The monoisotopic (exact) mass is 397 g/mol. The van der Waals surface area contributed by atoms with Crippen LogP contribution < -0.4 is 5.32 Å².